The van der Waals surface area contributed by atoms with Crippen LogP contribution in [0.5, 0.6) is 0 Å². The molecule has 3 aliphatic heterocycles. The first-order valence-corrected chi connectivity index (χ1v) is 7.54. The lowest BCUT2D eigenvalue weighted by atomic mass is 9.94. The van der Waals surface area contributed by atoms with Crippen molar-refractivity contribution in [2.75, 3.05) is 0 Å². The topological polar surface area (TPSA) is 120 Å². The molecule has 3 saturated heterocycles. The number of nitrogens with one attached hydrogen (secondary N) is 3. The molecule has 3 heterocycles. The number of hydrogen-bond donors (Lipinski definition) is 7. The summed E-state index contributed by atoms with van der Waals surface area (Å²) in [5.41, 5.74) is 6.01. The number of nitrogens with zero attached hydrogens (tertiary/aromatic N) is 2. The fourth-order valence-corrected chi connectivity index (χ4v) is 3.60. The zero-order chi connectivity index (χ0) is 15.3. The third-order valence-electron chi connectivity index (χ3n) is 4.21. The number of thiol groups is 1. The molecule has 9 nitrogen and oxygen atoms in total. The van der Waals surface area contributed by atoms with E-state index in [1.807, 2.05) is 0 Å². The van der Waals surface area contributed by atoms with Crippen LogP contribution in [0.2, 0.25) is 0 Å². The van der Waals surface area contributed by atoms with Crippen molar-refractivity contribution in [3.8, 4) is 0 Å². The zero-order valence-corrected chi connectivity index (χ0v) is 12.4. The molecule has 8 atom stereocenters. The standard InChI is InChI=1S/C11H21N5O4S/c1-4(17)2-6(18)7(21)3-5-8-9-10(19)12-11(20)15(8)14-16(9)13-5/h4-10,13-14,17-19,21H,2-3H2,1H3,(H,12,20)/t4?,5?,6-,7+,8?,9?,10?/m1/s1. The Kier molecular flexibility index (Phi) is 4.03. The smallest absolute Gasteiger partial charge is 0.335 e. The van der Waals surface area contributed by atoms with Crippen molar-refractivity contribution in [1.82, 2.24) is 26.4 Å². The van der Waals surface area contributed by atoms with Crippen molar-refractivity contribution >= 4 is 18.7 Å². The summed E-state index contributed by atoms with van der Waals surface area (Å²) in [6, 6.07) is -1.02. The van der Waals surface area contributed by atoms with E-state index in [0.29, 0.717) is 6.42 Å². The van der Waals surface area contributed by atoms with Crippen molar-refractivity contribution in [3.05, 3.63) is 0 Å². The molecule has 2 amide bonds. The maximum Gasteiger partial charge on any atom is 0.335 e. The molecule has 0 aromatic carbocycles. The van der Waals surface area contributed by atoms with E-state index in [1.165, 1.54) is 5.01 Å². The minimum absolute atomic E-state index is 0.122. The predicted molar refractivity (Wildman–Crippen MR) is 75.5 cm³/mol. The lowest BCUT2D eigenvalue weighted by Crippen LogP contribution is -2.65. The number of urea groups is 1. The van der Waals surface area contributed by atoms with Crippen molar-refractivity contribution in [2.45, 2.75) is 61.6 Å². The van der Waals surface area contributed by atoms with Gasteiger partial charge in [-0.05, 0) is 13.3 Å². The Morgan fingerprint density at radius 2 is 2.10 bits per heavy atom. The monoisotopic (exact) mass is 319 g/mol. The number of carbonyl (C=O) groups excluding carboxylic acids is 1. The second-order valence-electron chi connectivity index (χ2n) is 5.91. The van der Waals surface area contributed by atoms with Gasteiger partial charge in [0, 0.05) is 17.7 Å². The highest BCUT2D eigenvalue weighted by Crippen LogP contribution is 2.33. The van der Waals surface area contributed by atoms with Gasteiger partial charge >= 0.3 is 6.03 Å². The van der Waals surface area contributed by atoms with Crippen molar-refractivity contribution in [1.29, 1.82) is 0 Å². The van der Waals surface area contributed by atoms with Gasteiger partial charge in [-0.3, -0.25) is 0 Å². The first kappa shape index (κ1) is 15.3. The summed E-state index contributed by atoms with van der Waals surface area (Å²) >= 11 is 4.40. The first-order chi connectivity index (χ1) is 9.88. The Bertz CT molecular complexity index is 427. The Labute approximate surface area is 127 Å². The molecule has 0 radical (unpaired) electrons. The van der Waals surface area contributed by atoms with Gasteiger partial charge in [0.1, 0.15) is 12.3 Å². The maximum atomic E-state index is 11.8. The van der Waals surface area contributed by atoms with Crippen LogP contribution >= 0.6 is 12.6 Å². The molecule has 0 aliphatic carbocycles. The van der Waals surface area contributed by atoms with Gasteiger partial charge in [-0.2, -0.15) is 17.7 Å². The highest BCUT2D eigenvalue weighted by atomic mass is 32.1. The third kappa shape index (κ3) is 2.61. The van der Waals surface area contributed by atoms with Gasteiger partial charge in [0.2, 0.25) is 0 Å². The predicted octanol–water partition coefficient (Wildman–Crippen LogP) is -2.49. The maximum absolute atomic E-state index is 11.8. The number of rotatable bonds is 5. The molecule has 0 aromatic rings. The minimum atomic E-state index is -0.952. The average molecular weight is 319 g/mol. The molecule has 120 valence electrons. The van der Waals surface area contributed by atoms with Crippen molar-refractivity contribution in [2.24, 2.45) is 0 Å². The summed E-state index contributed by atoms with van der Waals surface area (Å²) < 4.78 is 0. The molecule has 0 spiro atoms. The molecule has 3 aliphatic rings. The fraction of sp³-hybridized carbons (Fsp3) is 0.909. The highest BCUT2D eigenvalue weighted by Gasteiger charge is 2.59. The Balaban J connectivity index is 1.65. The van der Waals surface area contributed by atoms with E-state index in [1.54, 1.807) is 12.0 Å². The molecule has 4 bridgehead atoms. The average Bonchev–Trinajstić information content (AvgIpc) is 2.88. The summed E-state index contributed by atoms with van der Waals surface area (Å²) in [5, 5.41) is 34.4. The number of aliphatic hydroxyl groups is 3. The van der Waals surface area contributed by atoms with Gasteiger partial charge < -0.3 is 20.6 Å². The lowest BCUT2D eigenvalue weighted by molar-refractivity contribution is 0.0207. The molecule has 3 fully saturated rings. The molecule has 10 heteroatoms. The van der Waals surface area contributed by atoms with Crippen LogP contribution in [0, 0.1) is 0 Å². The molecule has 0 aromatic heterocycles. The molecule has 21 heavy (non-hydrogen) atoms. The Hall–Kier alpha value is -0.620. The van der Waals surface area contributed by atoms with Crippen LogP contribution in [0.25, 0.3) is 0 Å². The number of hydrazine groups is 3. The first-order valence-electron chi connectivity index (χ1n) is 7.02. The van der Waals surface area contributed by atoms with E-state index >= 15 is 0 Å². The Morgan fingerprint density at radius 1 is 1.38 bits per heavy atom. The molecular weight excluding hydrogens is 298 g/mol. The second kappa shape index (κ2) is 5.54. The largest absolute Gasteiger partial charge is 0.393 e. The van der Waals surface area contributed by atoms with Crippen LogP contribution in [-0.2, 0) is 0 Å². The molecular formula is C11H21N5O4S. The highest BCUT2D eigenvalue weighted by molar-refractivity contribution is 7.81. The summed E-state index contributed by atoms with van der Waals surface area (Å²) in [4.78, 5) is 11.8. The van der Waals surface area contributed by atoms with Crippen LogP contribution in [0.15, 0.2) is 0 Å². The summed E-state index contributed by atoms with van der Waals surface area (Å²) in [6.07, 6.45) is -1.52. The van der Waals surface area contributed by atoms with E-state index in [2.05, 4.69) is 28.9 Å². The molecule has 0 saturated carbocycles. The van der Waals surface area contributed by atoms with Gasteiger partial charge in [0.15, 0.2) is 0 Å². The Morgan fingerprint density at radius 3 is 2.76 bits per heavy atom. The minimum Gasteiger partial charge on any atom is -0.393 e. The summed E-state index contributed by atoms with van der Waals surface area (Å²) in [5.74, 6) is 0. The van der Waals surface area contributed by atoms with E-state index in [-0.39, 0.29) is 35.8 Å². The number of carbonyl (C=O) groups is 1. The summed E-state index contributed by atoms with van der Waals surface area (Å²) in [6.45, 7) is 1.62. The van der Waals surface area contributed by atoms with E-state index in [4.69, 9.17) is 0 Å². The number of aliphatic hydroxyl groups excluding tert-OH is 3. The number of hydrogen-bond acceptors (Lipinski definition) is 8. The zero-order valence-electron chi connectivity index (χ0n) is 11.5. The van der Waals surface area contributed by atoms with Gasteiger partial charge in [-0.25, -0.2) is 15.2 Å². The van der Waals surface area contributed by atoms with Gasteiger partial charge in [-0.1, -0.05) is 0 Å². The second-order valence-corrected chi connectivity index (χ2v) is 6.57. The van der Waals surface area contributed by atoms with Gasteiger partial charge in [-0.15, -0.1) is 5.53 Å². The molecule has 6 N–H and O–H groups in total. The van der Waals surface area contributed by atoms with E-state index in [0.717, 1.165) is 0 Å². The fourth-order valence-electron chi connectivity index (χ4n) is 3.25. The molecule has 3 rings (SSSR count). The van der Waals surface area contributed by atoms with Crippen LogP contribution in [0.4, 0.5) is 4.79 Å². The van der Waals surface area contributed by atoms with Crippen molar-refractivity contribution < 1.29 is 20.1 Å². The lowest BCUT2D eigenvalue weighted by Gasteiger charge is -2.37. The molecule has 6 unspecified atom stereocenters. The van der Waals surface area contributed by atoms with E-state index < -0.39 is 18.4 Å². The SMILES string of the molecule is CC(O)C[C@@H](O)[C@@H](S)CC1NN2NN3C(=O)NC(O)C2C13. The number of amides is 2. The van der Waals surface area contributed by atoms with Gasteiger partial charge in [0.05, 0.1) is 18.2 Å². The van der Waals surface area contributed by atoms with E-state index in [9.17, 15) is 20.1 Å². The van der Waals surface area contributed by atoms with Gasteiger partial charge in [0.25, 0.3) is 0 Å². The van der Waals surface area contributed by atoms with Crippen LogP contribution in [0.1, 0.15) is 19.8 Å². The normalized spacial score (nSPS) is 41.9. The summed E-state index contributed by atoms with van der Waals surface area (Å²) in [7, 11) is 0. The van der Waals surface area contributed by atoms with Crippen LogP contribution < -0.4 is 16.3 Å². The third-order valence-corrected chi connectivity index (χ3v) is 4.77. The van der Waals surface area contributed by atoms with Crippen LogP contribution in [0.3, 0.4) is 0 Å². The van der Waals surface area contributed by atoms with Crippen molar-refractivity contribution in [3.63, 3.8) is 0 Å². The quantitative estimate of drug-likeness (QED) is 0.280. The van der Waals surface area contributed by atoms with Crippen LogP contribution in [-0.4, -0.2) is 73.3 Å².